The van der Waals surface area contributed by atoms with Gasteiger partial charge < -0.3 is 0 Å². The van der Waals surface area contributed by atoms with Crippen LogP contribution in [0.25, 0.3) is 0 Å². The molecule has 0 aliphatic carbocycles. The summed E-state index contributed by atoms with van der Waals surface area (Å²) < 4.78 is 4.91. The minimum absolute atomic E-state index is 0.839. The van der Waals surface area contributed by atoms with Gasteiger partial charge in [-0.3, -0.25) is 0 Å². The van der Waals surface area contributed by atoms with E-state index >= 15 is 0 Å². The maximum Gasteiger partial charge on any atom is 0.152 e. The number of rotatable bonds is 0. The standard InChI is InChI=1S/C6HIN2S/c7-6-4-5(10-9-6)2-1-3-8/h4H. The van der Waals surface area contributed by atoms with E-state index in [2.05, 4.69) is 38.8 Å². The van der Waals surface area contributed by atoms with E-state index in [0.717, 1.165) is 8.58 Å². The first-order valence-corrected chi connectivity index (χ1v) is 4.20. The molecule has 0 aliphatic rings. The predicted octanol–water partition coefficient (Wildman–Crippen LogP) is 1.62. The van der Waals surface area contributed by atoms with Gasteiger partial charge in [0.1, 0.15) is 3.70 Å². The van der Waals surface area contributed by atoms with Crippen LogP contribution in [0.2, 0.25) is 0 Å². The third-order valence-corrected chi connectivity index (χ3v) is 2.31. The lowest BCUT2D eigenvalue weighted by Gasteiger charge is -1.67. The Morgan fingerprint density at radius 3 is 3.00 bits per heavy atom. The van der Waals surface area contributed by atoms with Crippen molar-refractivity contribution in [2.45, 2.75) is 0 Å². The van der Waals surface area contributed by atoms with Crippen LogP contribution >= 0.6 is 34.1 Å². The highest BCUT2D eigenvalue weighted by atomic mass is 127. The van der Waals surface area contributed by atoms with E-state index in [1.807, 2.05) is 6.07 Å². The number of aromatic nitrogens is 1. The van der Waals surface area contributed by atoms with Crippen LogP contribution in [0.3, 0.4) is 0 Å². The van der Waals surface area contributed by atoms with Crippen LogP contribution in [-0.4, -0.2) is 4.37 Å². The minimum atomic E-state index is 0.839. The van der Waals surface area contributed by atoms with Gasteiger partial charge in [-0.2, -0.15) is 9.64 Å². The molecule has 2 nitrogen and oxygen atoms in total. The van der Waals surface area contributed by atoms with Crippen molar-refractivity contribution in [1.82, 2.24) is 4.37 Å². The zero-order valence-corrected chi connectivity index (χ0v) is 7.73. The van der Waals surface area contributed by atoms with Gasteiger partial charge in [0.25, 0.3) is 0 Å². The summed E-state index contributed by atoms with van der Waals surface area (Å²) in [7, 11) is 0. The van der Waals surface area contributed by atoms with Gasteiger partial charge >= 0.3 is 0 Å². The van der Waals surface area contributed by atoms with Crippen LogP contribution < -0.4 is 0 Å². The first-order chi connectivity index (χ1) is 4.83. The molecule has 0 radical (unpaired) electrons. The van der Waals surface area contributed by atoms with E-state index in [0.29, 0.717) is 0 Å². The van der Waals surface area contributed by atoms with Crippen molar-refractivity contribution in [3.8, 4) is 17.9 Å². The summed E-state index contributed by atoms with van der Waals surface area (Å²) in [5.41, 5.74) is 0. The Hall–Kier alpha value is -0.590. The van der Waals surface area contributed by atoms with Crippen molar-refractivity contribution in [2.24, 2.45) is 0 Å². The zero-order chi connectivity index (χ0) is 7.40. The fraction of sp³-hybridized carbons (Fsp3) is 0. The fourth-order valence-electron chi connectivity index (χ4n) is 0.402. The number of halogens is 1. The van der Waals surface area contributed by atoms with Crippen LogP contribution in [0.1, 0.15) is 4.88 Å². The summed E-state index contributed by atoms with van der Waals surface area (Å²) in [6.07, 6.45) is 0. The molecular weight excluding hydrogens is 259 g/mol. The van der Waals surface area contributed by atoms with Gasteiger partial charge in [0.05, 0.1) is 4.88 Å². The number of hydrogen-bond acceptors (Lipinski definition) is 3. The maximum absolute atomic E-state index is 8.09. The minimum Gasteiger partial charge on any atom is -0.185 e. The van der Waals surface area contributed by atoms with Crippen molar-refractivity contribution >= 4 is 34.1 Å². The smallest absolute Gasteiger partial charge is 0.152 e. The predicted molar refractivity (Wildman–Crippen MR) is 47.3 cm³/mol. The lowest BCUT2D eigenvalue weighted by Crippen LogP contribution is -1.59. The highest BCUT2D eigenvalue weighted by Gasteiger charge is 1.92. The molecule has 48 valence electrons. The number of nitriles is 1. The summed E-state index contributed by atoms with van der Waals surface area (Å²) >= 11 is 3.41. The van der Waals surface area contributed by atoms with Crippen LogP contribution in [0, 0.1) is 26.9 Å². The molecule has 0 atom stereocenters. The second-order valence-electron chi connectivity index (χ2n) is 1.38. The molecule has 0 amide bonds. The quantitative estimate of drug-likeness (QED) is 0.525. The van der Waals surface area contributed by atoms with E-state index in [1.54, 1.807) is 6.07 Å². The van der Waals surface area contributed by atoms with Crippen molar-refractivity contribution in [3.63, 3.8) is 0 Å². The molecule has 0 spiro atoms. The van der Waals surface area contributed by atoms with Gasteiger partial charge in [0.15, 0.2) is 6.07 Å². The van der Waals surface area contributed by atoms with Crippen LogP contribution in [0.4, 0.5) is 0 Å². The lowest BCUT2D eigenvalue weighted by molar-refractivity contribution is 1.49. The van der Waals surface area contributed by atoms with Crippen LogP contribution in [-0.2, 0) is 0 Å². The average molecular weight is 260 g/mol. The summed E-state index contributed by atoms with van der Waals surface area (Å²) in [6, 6.07) is 3.58. The first kappa shape index (κ1) is 7.52. The molecule has 0 bridgehead atoms. The van der Waals surface area contributed by atoms with E-state index < -0.39 is 0 Å². The van der Waals surface area contributed by atoms with Crippen LogP contribution in [0.15, 0.2) is 6.07 Å². The number of hydrogen-bond donors (Lipinski definition) is 0. The van der Waals surface area contributed by atoms with E-state index in [1.165, 1.54) is 11.5 Å². The average Bonchev–Trinajstić information content (AvgIpc) is 2.31. The van der Waals surface area contributed by atoms with Gasteiger partial charge in [-0.25, -0.2) is 0 Å². The molecule has 0 unspecified atom stereocenters. The Morgan fingerprint density at radius 1 is 1.70 bits per heavy atom. The van der Waals surface area contributed by atoms with Gasteiger partial charge in [0, 0.05) is 5.92 Å². The monoisotopic (exact) mass is 260 g/mol. The van der Waals surface area contributed by atoms with Gasteiger partial charge in [0.2, 0.25) is 0 Å². The lowest BCUT2D eigenvalue weighted by atomic mass is 10.5. The summed E-state index contributed by atoms with van der Waals surface area (Å²) in [5, 5.41) is 8.09. The second kappa shape index (κ2) is 3.55. The van der Waals surface area contributed by atoms with Gasteiger partial charge in [-0.1, -0.05) is 0 Å². The van der Waals surface area contributed by atoms with E-state index in [4.69, 9.17) is 5.26 Å². The Bertz CT molecular complexity index is 325. The molecule has 10 heavy (non-hydrogen) atoms. The SMILES string of the molecule is N#CC#Cc1cc(I)ns1. The zero-order valence-electron chi connectivity index (χ0n) is 4.76. The third kappa shape index (κ3) is 1.98. The summed E-state index contributed by atoms with van der Waals surface area (Å²) in [4.78, 5) is 0.839. The molecule has 0 aliphatic heterocycles. The Kier molecular flexibility index (Phi) is 2.67. The molecule has 1 heterocycles. The molecule has 1 rings (SSSR count). The topological polar surface area (TPSA) is 36.7 Å². The van der Waals surface area contributed by atoms with Crippen molar-refractivity contribution < 1.29 is 0 Å². The molecule has 0 N–H and O–H groups in total. The Balaban J connectivity index is 2.89. The normalized spacial score (nSPS) is 7.60. The number of nitrogens with zero attached hydrogens (tertiary/aromatic N) is 2. The highest BCUT2D eigenvalue weighted by molar-refractivity contribution is 14.1. The molecule has 1 aromatic heterocycles. The highest BCUT2D eigenvalue weighted by Crippen LogP contribution is 2.09. The largest absolute Gasteiger partial charge is 0.185 e. The van der Waals surface area contributed by atoms with Crippen LogP contribution in [0.5, 0.6) is 0 Å². The van der Waals surface area contributed by atoms with E-state index in [9.17, 15) is 0 Å². The first-order valence-electron chi connectivity index (χ1n) is 2.35. The molecule has 0 saturated carbocycles. The maximum atomic E-state index is 8.09. The second-order valence-corrected chi connectivity index (χ2v) is 3.29. The Morgan fingerprint density at radius 2 is 2.50 bits per heavy atom. The van der Waals surface area contributed by atoms with Crippen molar-refractivity contribution in [1.29, 1.82) is 5.26 Å². The van der Waals surface area contributed by atoms with Crippen molar-refractivity contribution in [2.75, 3.05) is 0 Å². The fourth-order valence-corrected chi connectivity index (χ4v) is 1.72. The summed E-state index contributed by atoms with van der Waals surface area (Å²) in [6.45, 7) is 0. The van der Waals surface area contributed by atoms with Gasteiger partial charge in [-0.15, -0.1) is 0 Å². The molecule has 0 fully saturated rings. The van der Waals surface area contributed by atoms with Crippen molar-refractivity contribution in [3.05, 3.63) is 14.6 Å². The van der Waals surface area contributed by atoms with Gasteiger partial charge in [-0.05, 0) is 46.1 Å². The molecule has 0 aromatic carbocycles. The molecule has 4 heteroatoms. The molecule has 0 saturated heterocycles. The third-order valence-electron chi connectivity index (χ3n) is 0.723. The molecule has 1 aromatic rings. The molecular formula is C6HIN2S. The summed E-state index contributed by atoms with van der Waals surface area (Å²) in [5.74, 6) is 4.96. The van der Waals surface area contributed by atoms with E-state index in [-0.39, 0.29) is 0 Å². The Labute approximate surface area is 76.2 Å².